The van der Waals surface area contributed by atoms with Crippen LogP contribution in [-0.4, -0.2) is 17.0 Å². The van der Waals surface area contributed by atoms with E-state index in [0.717, 1.165) is 21.5 Å². The molecule has 1 unspecified atom stereocenters. The van der Waals surface area contributed by atoms with Gasteiger partial charge in [0.05, 0.1) is 11.7 Å². The summed E-state index contributed by atoms with van der Waals surface area (Å²) in [6.07, 6.45) is 7.30. The number of fused-ring (bicyclic) bond motifs is 1. The molecule has 0 bridgehead atoms. The number of thiazole rings is 1. The summed E-state index contributed by atoms with van der Waals surface area (Å²) in [6.45, 7) is 0. The van der Waals surface area contributed by atoms with E-state index in [9.17, 15) is 0 Å². The lowest BCUT2D eigenvalue weighted by atomic mass is 10.1. The van der Waals surface area contributed by atoms with Crippen molar-refractivity contribution in [1.82, 2.24) is 15.3 Å². The SMILES string of the molecule is CNC(c1cncc(Br)c1)c1nc2c(s1)CCC2. The van der Waals surface area contributed by atoms with Gasteiger partial charge in [-0.15, -0.1) is 11.3 Å². The van der Waals surface area contributed by atoms with Crippen molar-refractivity contribution in [3.05, 3.63) is 44.1 Å². The molecule has 0 aromatic carbocycles. The maximum Gasteiger partial charge on any atom is 0.115 e. The van der Waals surface area contributed by atoms with Crippen molar-refractivity contribution in [3.8, 4) is 0 Å². The van der Waals surface area contributed by atoms with Gasteiger partial charge in [0.1, 0.15) is 5.01 Å². The van der Waals surface area contributed by atoms with Crippen molar-refractivity contribution >= 4 is 27.3 Å². The predicted molar refractivity (Wildman–Crippen MR) is 77.0 cm³/mol. The van der Waals surface area contributed by atoms with E-state index in [-0.39, 0.29) is 6.04 Å². The van der Waals surface area contributed by atoms with Crippen LogP contribution in [0.5, 0.6) is 0 Å². The third kappa shape index (κ3) is 2.22. The van der Waals surface area contributed by atoms with Gasteiger partial charge in [0.2, 0.25) is 0 Å². The molecule has 2 aromatic heterocycles. The molecule has 2 aromatic rings. The number of nitrogens with one attached hydrogen (secondary N) is 1. The summed E-state index contributed by atoms with van der Waals surface area (Å²) in [5.74, 6) is 0. The van der Waals surface area contributed by atoms with Crippen molar-refractivity contribution in [2.24, 2.45) is 0 Å². The zero-order valence-electron chi connectivity index (χ0n) is 10.1. The summed E-state index contributed by atoms with van der Waals surface area (Å²) in [5, 5.41) is 4.49. The van der Waals surface area contributed by atoms with Crippen LogP contribution in [0, 0.1) is 0 Å². The lowest BCUT2D eigenvalue weighted by Gasteiger charge is -2.13. The topological polar surface area (TPSA) is 37.8 Å². The molecular weight excluding hydrogens is 310 g/mol. The second-order valence-corrected chi connectivity index (χ2v) is 6.46. The van der Waals surface area contributed by atoms with Crippen LogP contribution in [0.2, 0.25) is 0 Å². The van der Waals surface area contributed by atoms with E-state index in [0.29, 0.717) is 0 Å². The van der Waals surface area contributed by atoms with Gasteiger partial charge in [0, 0.05) is 21.7 Å². The number of halogens is 1. The summed E-state index contributed by atoms with van der Waals surface area (Å²) in [7, 11) is 1.97. The van der Waals surface area contributed by atoms with E-state index in [1.54, 1.807) is 6.20 Å². The highest BCUT2D eigenvalue weighted by Gasteiger charge is 2.22. The van der Waals surface area contributed by atoms with Crippen LogP contribution in [0.1, 0.15) is 33.6 Å². The van der Waals surface area contributed by atoms with Gasteiger partial charge in [-0.2, -0.15) is 0 Å². The molecule has 1 N–H and O–H groups in total. The summed E-state index contributed by atoms with van der Waals surface area (Å²) in [4.78, 5) is 10.5. The Morgan fingerprint density at radius 1 is 1.39 bits per heavy atom. The minimum atomic E-state index is 0.144. The van der Waals surface area contributed by atoms with Crippen molar-refractivity contribution in [2.45, 2.75) is 25.3 Å². The number of aryl methyl sites for hydroxylation is 2. The molecule has 0 amide bonds. The highest BCUT2D eigenvalue weighted by Crippen LogP contribution is 2.33. The minimum absolute atomic E-state index is 0.144. The maximum atomic E-state index is 4.78. The molecule has 3 rings (SSSR count). The average molecular weight is 324 g/mol. The van der Waals surface area contributed by atoms with Crippen molar-refractivity contribution in [3.63, 3.8) is 0 Å². The molecule has 18 heavy (non-hydrogen) atoms. The summed E-state index contributed by atoms with van der Waals surface area (Å²) in [6, 6.07) is 2.24. The average Bonchev–Trinajstić information content (AvgIpc) is 2.91. The van der Waals surface area contributed by atoms with E-state index in [1.807, 2.05) is 24.6 Å². The molecule has 2 heterocycles. The van der Waals surface area contributed by atoms with Gasteiger partial charge in [-0.05, 0) is 53.9 Å². The normalized spacial score (nSPS) is 15.7. The Bertz CT molecular complexity index is 546. The van der Waals surface area contributed by atoms with Crippen LogP contribution < -0.4 is 5.32 Å². The Hall–Kier alpha value is -0.780. The van der Waals surface area contributed by atoms with Gasteiger partial charge in [0.15, 0.2) is 0 Å². The number of hydrogen-bond acceptors (Lipinski definition) is 4. The van der Waals surface area contributed by atoms with Crippen LogP contribution >= 0.6 is 27.3 Å². The van der Waals surface area contributed by atoms with Crippen LogP contribution in [-0.2, 0) is 12.8 Å². The zero-order valence-corrected chi connectivity index (χ0v) is 12.5. The first kappa shape index (κ1) is 12.3. The molecule has 94 valence electrons. The van der Waals surface area contributed by atoms with Crippen molar-refractivity contribution < 1.29 is 0 Å². The number of nitrogens with zero attached hydrogens (tertiary/aromatic N) is 2. The van der Waals surface area contributed by atoms with E-state index < -0.39 is 0 Å². The smallest absolute Gasteiger partial charge is 0.115 e. The van der Waals surface area contributed by atoms with E-state index >= 15 is 0 Å². The molecule has 0 spiro atoms. The standard InChI is InChI=1S/C13H14BrN3S/c1-15-12(8-5-9(14)7-16-6-8)13-17-10-3-2-4-11(10)18-13/h5-7,12,15H,2-4H2,1H3. The summed E-state index contributed by atoms with van der Waals surface area (Å²) in [5.41, 5.74) is 2.46. The first-order valence-electron chi connectivity index (χ1n) is 6.04. The molecule has 1 aliphatic rings. The highest BCUT2D eigenvalue weighted by atomic mass is 79.9. The van der Waals surface area contributed by atoms with Gasteiger partial charge in [-0.25, -0.2) is 4.98 Å². The van der Waals surface area contributed by atoms with Crippen LogP contribution in [0.4, 0.5) is 0 Å². The van der Waals surface area contributed by atoms with E-state index in [1.165, 1.54) is 23.4 Å². The van der Waals surface area contributed by atoms with Gasteiger partial charge < -0.3 is 5.32 Å². The summed E-state index contributed by atoms with van der Waals surface area (Å²) >= 11 is 5.31. The molecule has 0 fully saturated rings. The Morgan fingerprint density at radius 2 is 2.28 bits per heavy atom. The number of hydrogen-bond donors (Lipinski definition) is 1. The van der Waals surface area contributed by atoms with Gasteiger partial charge in [0.25, 0.3) is 0 Å². The molecule has 1 aliphatic carbocycles. The fourth-order valence-corrected chi connectivity index (χ4v) is 4.03. The van der Waals surface area contributed by atoms with Crippen molar-refractivity contribution in [1.29, 1.82) is 0 Å². The highest BCUT2D eigenvalue weighted by molar-refractivity contribution is 9.10. The Morgan fingerprint density at radius 3 is 3.00 bits per heavy atom. The second-order valence-electron chi connectivity index (χ2n) is 4.43. The predicted octanol–water partition coefficient (Wildman–Crippen LogP) is 3.10. The van der Waals surface area contributed by atoms with Crippen molar-refractivity contribution in [2.75, 3.05) is 7.05 Å². The fraction of sp³-hybridized carbons (Fsp3) is 0.385. The molecule has 0 aliphatic heterocycles. The van der Waals surface area contributed by atoms with Crippen LogP contribution in [0.15, 0.2) is 22.9 Å². The molecule has 5 heteroatoms. The van der Waals surface area contributed by atoms with E-state index in [2.05, 4.69) is 32.3 Å². The molecule has 0 radical (unpaired) electrons. The lowest BCUT2D eigenvalue weighted by molar-refractivity contribution is 0.679. The maximum absolute atomic E-state index is 4.78. The summed E-state index contributed by atoms with van der Waals surface area (Å²) < 4.78 is 1.00. The van der Waals surface area contributed by atoms with E-state index in [4.69, 9.17) is 4.98 Å². The number of rotatable bonds is 3. The largest absolute Gasteiger partial charge is 0.307 e. The number of pyridine rings is 1. The Balaban J connectivity index is 1.96. The van der Waals surface area contributed by atoms with Gasteiger partial charge in [-0.3, -0.25) is 4.98 Å². The Labute approximate surface area is 119 Å². The molecule has 0 saturated heterocycles. The van der Waals surface area contributed by atoms with Gasteiger partial charge in [-0.1, -0.05) is 0 Å². The molecular formula is C13H14BrN3S. The number of aromatic nitrogens is 2. The Kier molecular flexibility index (Phi) is 3.46. The second kappa shape index (κ2) is 5.07. The third-order valence-electron chi connectivity index (χ3n) is 3.21. The fourth-order valence-electron chi connectivity index (χ4n) is 2.35. The van der Waals surface area contributed by atoms with Crippen LogP contribution in [0.3, 0.4) is 0 Å². The monoisotopic (exact) mass is 323 g/mol. The minimum Gasteiger partial charge on any atom is -0.307 e. The first-order chi connectivity index (χ1) is 8.78. The molecule has 3 nitrogen and oxygen atoms in total. The molecule has 1 atom stereocenters. The zero-order chi connectivity index (χ0) is 12.5. The quantitative estimate of drug-likeness (QED) is 0.943. The molecule has 0 saturated carbocycles. The van der Waals surface area contributed by atoms with Crippen LogP contribution in [0.25, 0.3) is 0 Å². The third-order valence-corrected chi connectivity index (χ3v) is 4.86. The first-order valence-corrected chi connectivity index (χ1v) is 7.65. The lowest BCUT2D eigenvalue weighted by Crippen LogP contribution is -2.17. The van der Waals surface area contributed by atoms with Gasteiger partial charge >= 0.3 is 0 Å².